The van der Waals surface area contributed by atoms with Crippen LogP contribution in [-0.2, 0) is 4.65 Å². The van der Waals surface area contributed by atoms with Gasteiger partial charge in [-0.2, -0.15) is 0 Å². The maximum absolute atomic E-state index is 5.67. The minimum absolute atomic E-state index is 0.166. The number of allylic oxidation sites excluding steroid dienone is 10. The topological polar surface area (TPSA) is 15.7 Å². The fourth-order valence-electron chi connectivity index (χ4n) is 2.94. The van der Waals surface area contributed by atoms with E-state index in [-0.39, 0.29) is 6.92 Å². The van der Waals surface area contributed by atoms with Crippen LogP contribution in [0.25, 0.3) is 0 Å². The van der Waals surface area contributed by atoms with Crippen LogP contribution >= 0.6 is 0 Å². The Hall–Kier alpha value is -1.94. The molecule has 3 nitrogen and oxygen atoms in total. The summed E-state index contributed by atoms with van der Waals surface area (Å²) in [7, 11) is 0. The molecule has 0 N–H and O–H groups in total. The summed E-state index contributed by atoms with van der Waals surface area (Å²) < 4.78 is 5.67. The SMILES string of the molecule is C\C=C/C(C)=C\C=C\N1CCN(C(/C=C\C)=C/C=C(\C)B(C)OCC)CC1. The molecule has 1 rings (SSSR count). The predicted octanol–water partition coefficient (Wildman–Crippen LogP) is 5.24. The number of hydrogen-bond acceptors (Lipinski definition) is 3. The number of hydrogen-bond donors (Lipinski definition) is 0. The van der Waals surface area contributed by atoms with E-state index in [0.717, 1.165) is 32.8 Å². The quantitative estimate of drug-likeness (QED) is 0.409. The van der Waals surface area contributed by atoms with Gasteiger partial charge < -0.3 is 14.5 Å². The summed E-state index contributed by atoms with van der Waals surface area (Å²) in [4.78, 5) is 4.85. The molecule has 1 aliphatic heterocycles. The molecule has 0 atom stereocenters. The van der Waals surface area contributed by atoms with Crippen molar-refractivity contribution in [2.24, 2.45) is 0 Å². The third kappa shape index (κ3) is 9.01. The summed E-state index contributed by atoms with van der Waals surface area (Å²) >= 11 is 0. The molecular weight excluding hydrogens is 331 g/mol. The lowest BCUT2D eigenvalue weighted by molar-refractivity contribution is 0.209. The number of rotatable bonds is 9. The molecule has 1 saturated heterocycles. The van der Waals surface area contributed by atoms with Crippen molar-refractivity contribution in [2.45, 2.75) is 41.4 Å². The average molecular weight is 368 g/mol. The van der Waals surface area contributed by atoms with Crippen LogP contribution < -0.4 is 0 Å². The molecule has 0 unspecified atom stereocenters. The fourth-order valence-corrected chi connectivity index (χ4v) is 2.94. The summed E-state index contributed by atoms with van der Waals surface area (Å²) in [6.45, 7) is 17.6. The Labute approximate surface area is 167 Å². The summed E-state index contributed by atoms with van der Waals surface area (Å²) in [6, 6.07) is 0. The molecule has 1 fully saturated rings. The van der Waals surface area contributed by atoms with Crippen molar-refractivity contribution in [1.82, 2.24) is 9.80 Å². The van der Waals surface area contributed by atoms with Gasteiger partial charge in [0.25, 0.3) is 0 Å². The standard InChI is InChI=1S/C23H37BN2O/c1-7-11-21(4)13-10-16-25-17-19-26(20-18-25)23(12-8-2)15-14-22(5)24(6)27-9-3/h7-8,10-16H,9,17-20H2,1-6H3/b11-7-,12-8-,16-10+,21-13-,22-14+,23-15+. The molecule has 0 bridgehead atoms. The van der Waals surface area contributed by atoms with Crippen LogP contribution in [0.3, 0.4) is 0 Å². The largest absolute Gasteiger partial charge is 0.432 e. The third-order valence-electron chi connectivity index (χ3n) is 4.68. The van der Waals surface area contributed by atoms with Gasteiger partial charge in [-0.3, -0.25) is 0 Å². The summed E-state index contributed by atoms with van der Waals surface area (Å²) in [5.41, 5.74) is 3.80. The minimum atomic E-state index is 0.166. The van der Waals surface area contributed by atoms with Gasteiger partial charge in [-0.15, -0.1) is 0 Å². The van der Waals surface area contributed by atoms with Gasteiger partial charge in [-0.25, -0.2) is 0 Å². The molecule has 0 saturated carbocycles. The van der Waals surface area contributed by atoms with Gasteiger partial charge >= 0.3 is 6.92 Å². The molecule has 0 aromatic rings. The normalized spacial score (nSPS) is 17.8. The van der Waals surface area contributed by atoms with Crippen molar-refractivity contribution in [2.75, 3.05) is 32.8 Å². The molecule has 0 aliphatic carbocycles. The zero-order valence-electron chi connectivity index (χ0n) is 18.1. The highest BCUT2D eigenvalue weighted by Gasteiger charge is 2.15. The Morgan fingerprint density at radius 3 is 2.22 bits per heavy atom. The fraction of sp³-hybridized carbons (Fsp3) is 0.478. The van der Waals surface area contributed by atoms with Crippen molar-refractivity contribution in [3.8, 4) is 0 Å². The molecular formula is C23H37BN2O. The summed E-state index contributed by atoms with van der Waals surface area (Å²) in [6.07, 6.45) is 19.4. The van der Waals surface area contributed by atoms with E-state index in [1.165, 1.54) is 16.7 Å². The third-order valence-corrected chi connectivity index (χ3v) is 4.68. The number of piperazine rings is 1. The van der Waals surface area contributed by atoms with E-state index in [9.17, 15) is 0 Å². The van der Waals surface area contributed by atoms with Crippen LogP contribution in [0.4, 0.5) is 0 Å². The Kier molecular flexibility index (Phi) is 11.4. The molecule has 4 heteroatoms. The second kappa shape index (κ2) is 13.3. The van der Waals surface area contributed by atoms with E-state index in [0.29, 0.717) is 0 Å². The summed E-state index contributed by atoms with van der Waals surface area (Å²) in [5, 5.41) is 0. The van der Waals surface area contributed by atoms with E-state index in [2.05, 4.69) is 92.2 Å². The maximum atomic E-state index is 5.67. The Bertz CT molecular complexity index is 606. The monoisotopic (exact) mass is 368 g/mol. The van der Waals surface area contributed by atoms with Crippen LogP contribution in [0.1, 0.15) is 34.6 Å². The van der Waals surface area contributed by atoms with Crippen molar-refractivity contribution >= 4 is 6.92 Å². The Balaban J connectivity index is 2.68. The van der Waals surface area contributed by atoms with Gasteiger partial charge in [0.05, 0.1) is 0 Å². The Morgan fingerprint density at radius 2 is 1.63 bits per heavy atom. The van der Waals surface area contributed by atoms with Crippen LogP contribution in [0, 0.1) is 0 Å². The van der Waals surface area contributed by atoms with Crippen molar-refractivity contribution < 1.29 is 4.65 Å². The summed E-state index contributed by atoms with van der Waals surface area (Å²) in [5.74, 6) is 0. The molecule has 0 radical (unpaired) electrons. The lowest BCUT2D eigenvalue weighted by Gasteiger charge is -2.36. The second-order valence-corrected chi connectivity index (χ2v) is 6.88. The van der Waals surface area contributed by atoms with E-state index >= 15 is 0 Å². The van der Waals surface area contributed by atoms with E-state index in [1.54, 1.807) is 0 Å². The molecule has 1 aliphatic rings. The van der Waals surface area contributed by atoms with E-state index < -0.39 is 0 Å². The molecule has 0 spiro atoms. The lowest BCUT2D eigenvalue weighted by Crippen LogP contribution is -2.43. The highest BCUT2D eigenvalue weighted by atomic mass is 16.4. The van der Waals surface area contributed by atoms with Crippen LogP contribution in [-0.4, -0.2) is 49.5 Å². The van der Waals surface area contributed by atoms with Gasteiger partial charge in [0, 0.05) is 38.5 Å². The molecule has 0 amide bonds. The van der Waals surface area contributed by atoms with Gasteiger partial charge in [0.2, 0.25) is 0 Å². The first-order valence-electron chi connectivity index (χ1n) is 10.1. The predicted molar refractivity (Wildman–Crippen MR) is 121 cm³/mol. The van der Waals surface area contributed by atoms with Crippen LogP contribution in [0.15, 0.2) is 71.6 Å². The van der Waals surface area contributed by atoms with Crippen LogP contribution in [0.2, 0.25) is 6.82 Å². The second-order valence-electron chi connectivity index (χ2n) is 6.88. The lowest BCUT2D eigenvalue weighted by atomic mass is 9.63. The van der Waals surface area contributed by atoms with E-state index in [4.69, 9.17) is 4.65 Å². The molecule has 0 aromatic carbocycles. The Morgan fingerprint density at radius 1 is 0.963 bits per heavy atom. The molecule has 1 heterocycles. The van der Waals surface area contributed by atoms with E-state index in [1.807, 2.05) is 13.8 Å². The zero-order valence-corrected chi connectivity index (χ0v) is 18.1. The maximum Gasteiger partial charge on any atom is 0.319 e. The van der Waals surface area contributed by atoms with Crippen LogP contribution in [0.5, 0.6) is 0 Å². The average Bonchev–Trinajstić information content (AvgIpc) is 2.66. The first kappa shape index (κ1) is 23.1. The highest BCUT2D eigenvalue weighted by Crippen LogP contribution is 2.13. The van der Waals surface area contributed by atoms with Crippen molar-refractivity contribution in [1.29, 1.82) is 0 Å². The van der Waals surface area contributed by atoms with Crippen molar-refractivity contribution in [3.63, 3.8) is 0 Å². The zero-order chi connectivity index (χ0) is 20.1. The van der Waals surface area contributed by atoms with Gasteiger partial charge in [0.15, 0.2) is 0 Å². The molecule has 27 heavy (non-hydrogen) atoms. The van der Waals surface area contributed by atoms with Crippen molar-refractivity contribution in [3.05, 3.63) is 71.6 Å². The minimum Gasteiger partial charge on any atom is -0.432 e. The highest BCUT2D eigenvalue weighted by molar-refractivity contribution is 6.58. The van der Waals surface area contributed by atoms with Gasteiger partial charge in [-0.05, 0) is 59.0 Å². The molecule has 0 aromatic heterocycles. The van der Waals surface area contributed by atoms with Gasteiger partial charge in [-0.1, -0.05) is 48.2 Å². The number of nitrogens with zero attached hydrogens (tertiary/aromatic N) is 2. The smallest absolute Gasteiger partial charge is 0.319 e. The first-order chi connectivity index (χ1) is 13.0. The molecule has 148 valence electrons. The van der Waals surface area contributed by atoms with Gasteiger partial charge in [0.1, 0.15) is 0 Å². The first-order valence-corrected chi connectivity index (χ1v) is 10.1.